The summed E-state index contributed by atoms with van der Waals surface area (Å²) in [6.07, 6.45) is 7.92. The molecule has 0 bridgehead atoms. The van der Waals surface area contributed by atoms with Gasteiger partial charge in [0.15, 0.2) is 0 Å². The summed E-state index contributed by atoms with van der Waals surface area (Å²) in [5.74, 6) is -0.859. The zero-order valence-corrected chi connectivity index (χ0v) is 12.4. The highest BCUT2D eigenvalue weighted by Crippen LogP contribution is 2.29. The molecular weight excluding hydrogens is 280 g/mol. The first-order chi connectivity index (χ1) is 10.6. The zero-order valence-electron chi connectivity index (χ0n) is 12.4. The van der Waals surface area contributed by atoms with Gasteiger partial charge in [-0.2, -0.15) is 0 Å². The minimum Gasteiger partial charge on any atom is -0.478 e. The van der Waals surface area contributed by atoms with E-state index in [1.807, 2.05) is 4.57 Å². The van der Waals surface area contributed by atoms with Crippen LogP contribution in [0.4, 0.5) is 0 Å². The highest BCUT2D eigenvalue weighted by molar-refractivity contribution is 6.07. The number of aromatic nitrogens is 1. The van der Waals surface area contributed by atoms with Gasteiger partial charge in [-0.1, -0.05) is 25.3 Å². The molecule has 1 aromatic heterocycles. The van der Waals surface area contributed by atoms with E-state index in [2.05, 4.69) is 0 Å². The summed E-state index contributed by atoms with van der Waals surface area (Å²) in [6, 6.07) is 4.82. The highest BCUT2D eigenvalue weighted by atomic mass is 16.4. The van der Waals surface area contributed by atoms with E-state index in [1.54, 1.807) is 18.3 Å². The van der Waals surface area contributed by atoms with Gasteiger partial charge in [-0.05, 0) is 30.9 Å². The molecule has 3 N–H and O–H groups in total. The Kier molecular flexibility index (Phi) is 3.88. The highest BCUT2D eigenvalue weighted by Gasteiger charge is 2.19. The van der Waals surface area contributed by atoms with Crippen molar-refractivity contribution in [3.05, 3.63) is 35.5 Å². The second-order valence-electron chi connectivity index (χ2n) is 6.10. The molecule has 1 fully saturated rings. The predicted octanol–water partition coefficient (Wildman–Crippen LogP) is 3.02. The number of primary amides is 1. The van der Waals surface area contributed by atoms with Crippen LogP contribution in [-0.2, 0) is 6.54 Å². The zero-order chi connectivity index (χ0) is 15.7. The summed E-state index contributed by atoms with van der Waals surface area (Å²) in [5.41, 5.74) is 6.92. The molecule has 0 atom stereocenters. The number of benzene rings is 1. The Bertz CT molecular complexity index is 727. The minimum atomic E-state index is -0.965. The minimum absolute atomic E-state index is 0.228. The van der Waals surface area contributed by atoms with Gasteiger partial charge in [-0.25, -0.2) is 4.79 Å². The van der Waals surface area contributed by atoms with Crippen molar-refractivity contribution in [1.82, 2.24) is 4.57 Å². The fraction of sp³-hybridized carbons (Fsp3) is 0.412. The summed E-state index contributed by atoms with van der Waals surface area (Å²) < 4.78 is 2.00. The Morgan fingerprint density at radius 2 is 1.95 bits per heavy atom. The molecule has 5 nitrogen and oxygen atoms in total. The van der Waals surface area contributed by atoms with Crippen LogP contribution in [0.25, 0.3) is 10.9 Å². The first-order valence-electron chi connectivity index (χ1n) is 7.72. The van der Waals surface area contributed by atoms with E-state index in [0.717, 1.165) is 17.4 Å². The van der Waals surface area contributed by atoms with Gasteiger partial charge in [-0.3, -0.25) is 4.79 Å². The summed E-state index contributed by atoms with van der Waals surface area (Å²) in [7, 11) is 0. The number of carbonyl (C=O) groups is 2. The Hall–Kier alpha value is -2.30. The summed E-state index contributed by atoms with van der Waals surface area (Å²) in [4.78, 5) is 22.8. The molecule has 22 heavy (non-hydrogen) atoms. The van der Waals surface area contributed by atoms with Crippen LogP contribution in [0.2, 0.25) is 0 Å². The molecule has 2 aromatic rings. The van der Waals surface area contributed by atoms with Gasteiger partial charge < -0.3 is 15.4 Å². The maximum atomic E-state index is 11.6. The molecule has 1 amide bonds. The third-order valence-electron chi connectivity index (χ3n) is 4.57. The Morgan fingerprint density at radius 3 is 2.59 bits per heavy atom. The van der Waals surface area contributed by atoms with Gasteiger partial charge in [0, 0.05) is 23.6 Å². The molecule has 0 unspecified atom stereocenters. The number of carboxylic acid groups (broad SMARTS) is 1. The number of amides is 1. The molecule has 0 saturated heterocycles. The smallest absolute Gasteiger partial charge is 0.335 e. The van der Waals surface area contributed by atoms with Gasteiger partial charge in [0.1, 0.15) is 0 Å². The lowest BCUT2D eigenvalue weighted by Gasteiger charge is -2.22. The average molecular weight is 300 g/mol. The van der Waals surface area contributed by atoms with E-state index >= 15 is 0 Å². The van der Waals surface area contributed by atoms with Crippen LogP contribution in [0.1, 0.15) is 52.8 Å². The van der Waals surface area contributed by atoms with E-state index in [-0.39, 0.29) is 5.56 Å². The van der Waals surface area contributed by atoms with Crippen LogP contribution in [0.5, 0.6) is 0 Å². The summed E-state index contributed by atoms with van der Waals surface area (Å²) in [6.45, 7) is 0.812. The van der Waals surface area contributed by atoms with Gasteiger partial charge in [0.05, 0.1) is 11.1 Å². The molecule has 1 aromatic carbocycles. The number of aromatic carboxylic acids is 1. The standard InChI is InChI=1S/C17H20N2O3/c18-16(20)14-10-19(9-11-4-2-1-3-5-11)15-8-12(17(21)22)6-7-13(14)15/h6-8,10-11H,1-5,9H2,(H2,18,20)(H,21,22). The normalized spacial score (nSPS) is 16.0. The van der Waals surface area contributed by atoms with Crippen molar-refractivity contribution >= 4 is 22.8 Å². The lowest BCUT2D eigenvalue weighted by molar-refractivity contribution is 0.0696. The molecule has 116 valence electrons. The monoisotopic (exact) mass is 300 g/mol. The van der Waals surface area contributed by atoms with Crippen LogP contribution >= 0.6 is 0 Å². The number of carboxylic acids is 1. The van der Waals surface area contributed by atoms with E-state index in [1.165, 1.54) is 38.2 Å². The van der Waals surface area contributed by atoms with Crippen molar-refractivity contribution in [3.63, 3.8) is 0 Å². The van der Waals surface area contributed by atoms with Crippen molar-refractivity contribution in [1.29, 1.82) is 0 Å². The van der Waals surface area contributed by atoms with E-state index < -0.39 is 11.9 Å². The van der Waals surface area contributed by atoms with Crippen molar-refractivity contribution in [3.8, 4) is 0 Å². The number of hydrogen-bond acceptors (Lipinski definition) is 2. The van der Waals surface area contributed by atoms with Crippen molar-refractivity contribution in [2.45, 2.75) is 38.6 Å². The fourth-order valence-electron chi connectivity index (χ4n) is 3.42. The number of hydrogen-bond donors (Lipinski definition) is 2. The van der Waals surface area contributed by atoms with Crippen molar-refractivity contribution in [2.75, 3.05) is 0 Å². The SMILES string of the molecule is NC(=O)c1cn(CC2CCCCC2)c2cc(C(=O)O)ccc12. The van der Waals surface area contributed by atoms with Gasteiger partial charge >= 0.3 is 5.97 Å². The molecule has 0 radical (unpaired) electrons. The molecule has 1 heterocycles. The van der Waals surface area contributed by atoms with Gasteiger partial charge in [0.25, 0.3) is 5.91 Å². The molecule has 0 spiro atoms. The van der Waals surface area contributed by atoms with Crippen LogP contribution < -0.4 is 5.73 Å². The summed E-state index contributed by atoms with van der Waals surface area (Å²) >= 11 is 0. The Labute approximate surface area is 128 Å². The number of rotatable bonds is 4. The summed E-state index contributed by atoms with van der Waals surface area (Å²) in [5, 5.41) is 9.90. The molecule has 5 heteroatoms. The van der Waals surface area contributed by atoms with Crippen molar-refractivity contribution in [2.24, 2.45) is 11.7 Å². The Balaban J connectivity index is 2.04. The lowest BCUT2D eigenvalue weighted by Crippen LogP contribution is -2.14. The maximum Gasteiger partial charge on any atom is 0.335 e. The number of nitrogens with two attached hydrogens (primary N) is 1. The van der Waals surface area contributed by atoms with E-state index in [9.17, 15) is 14.7 Å². The average Bonchev–Trinajstić information content (AvgIpc) is 2.86. The number of fused-ring (bicyclic) bond motifs is 1. The maximum absolute atomic E-state index is 11.6. The molecular formula is C17H20N2O3. The van der Waals surface area contributed by atoms with E-state index in [4.69, 9.17) is 5.73 Å². The van der Waals surface area contributed by atoms with E-state index in [0.29, 0.717) is 11.5 Å². The first kappa shape index (κ1) is 14.6. The molecule has 1 saturated carbocycles. The Morgan fingerprint density at radius 1 is 1.23 bits per heavy atom. The first-order valence-corrected chi connectivity index (χ1v) is 7.72. The van der Waals surface area contributed by atoms with Gasteiger partial charge in [0.2, 0.25) is 0 Å². The third-order valence-corrected chi connectivity index (χ3v) is 4.57. The fourth-order valence-corrected chi connectivity index (χ4v) is 3.42. The molecule has 3 rings (SSSR count). The van der Waals surface area contributed by atoms with Crippen LogP contribution in [0.3, 0.4) is 0 Å². The van der Waals surface area contributed by atoms with Crippen LogP contribution in [-0.4, -0.2) is 21.6 Å². The lowest BCUT2D eigenvalue weighted by atomic mass is 9.89. The molecule has 1 aliphatic carbocycles. The number of nitrogens with zero attached hydrogens (tertiary/aromatic N) is 1. The van der Waals surface area contributed by atoms with Gasteiger partial charge in [-0.15, -0.1) is 0 Å². The quantitative estimate of drug-likeness (QED) is 0.910. The molecule has 1 aliphatic rings. The predicted molar refractivity (Wildman–Crippen MR) is 84.0 cm³/mol. The second kappa shape index (κ2) is 5.83. The van der Waals surface area contributed by atoms with Crippen molar-refractivity contribution < 1.29 is 14.7 Å². The topological polar surface area (TPSA) is 85.3 Å². The largest absolute Gasteiger partial charge is 0.478 e. The third kappa shape index (κ3) is 2.71. The second-order valence-corrected chi connectivity index (χ2v) is 6.10. The molecule has 0 aliphatic heterocycles. The van der Waals surface area contributed by atoms with Crippen LogP contribution in [0, 0.1) is 5.92 Å². The van der Waals surface area contributed by atoms with Crippen LogP contribution in [0.15, 0.2) is 24.4 Å². The number of carbonyl (C=O) groups excluding carboxylic acids is 1.